The van der Waals surface area contributed by atoms with Crippen molar-refractivity contribution in [3.05, 3.63) is 54.1 Å². The van der Waals surface area contributed by atoms with Crippen LogP contribution in [0.4, 0.5) is 4.79 Å². The van der Waals surface area contributed by atoms with Crippen LogP contribution in [0.1, 0.15) is 65.9 Å². The summed E-state index contributed by atoms with van der Waals surface area (Å²) < 4.78 is 57.8. The molecule has 3 aliphatic heterocycles. The minimum atomic E-state index is -4.18. The topological polar surface area (TPSA) is 162 Å². The van der Waals surface area contributed by atoms with Crippen LogP contribution in [0, 0.1) is 16.7 Å². The molecule has 5 rings (SSSR count). The van der Waals surface area contributed by atoms with Gasteiger partial charge in [0.1, 0.15) is 6.10 Å². The van der Waals surface area contributed by atoms with Gasteiger partial charge in [-0.15, -0.1) is 0 Å². The minimum absolute atomic E-state index is 0.00857. The van der Waals surface area contributed by atoms with Crippen LogP contribution in [0.15, 0.2) is 53.4 Å². The number of ether oxygens (including phenoxy) is 5. The number of hydrogen-bond donors (Lipinski definition) is 3. The van der Waals surface area contributed by atoms with Crippen molar-refractivity contribution >= 4 is 22.0 Å². The third-order valence-corrected chi connectivity index (χ3v) is 11.1. The highest BCUT2D eigenvalue weighted by molar-refractivity contribution is 7.89. The van der Waals surface area contributed by atoms with Crippen molar-refractivity contribution in [2.45, 2.75) is 96.2 Å². The highest BCUT2D eigenvalue weighted by Gasteiger charge is 2.44. The van der Waals surface area contributed by atoms with Crippen molar-refractivity contribution in [1.29, 1.82) is 0 Å². The molecule has 13 nitrogen and oxygen atoms in total. The van der Waals surface area contributed by atoms with E-state index in [-0.39, 0.29) is 55.0 Å². The summed E-state index contributed by atoms with van der Waals surface area (Å²) in [5, 5.41) is 17.6. The molecule has 5 atom stereocenters. The monoisotopic (exact) mass is 731 g/mol. The quantitative estimate of drug-likeness (QED) is 0.213. The molecule has 0 bridgehead atoms. The predicted molar refractivity (Wildman–Crippen MR) is 189 cm³/mol. The van der Waals surface area contributed by atoms with E-state index in [4.69, 9.17) is 23.7 Å². The lowest BCUT2D eigenvalue weighted by molar-refractivity contribution is -0.122. The molecule has 0 aliphatic carbocycles. The molecule has 282 valence electrons. The molecule has 0 spiro atoms. The molecule has 2 saturated heterocycles. The second-order valence-corrected chi connectivity index (χ2v) is 17.6. The molecule has 3 N–H and O–H groups in total. The van der Waals surface area contributed by atoms with Gasteiger partial charge in [-0.05, 0) is 54.2 Å². The summed E-state index contributed by atoms with van der Waals surface area (Å²) >= 11 is 0. The van der Waals surface area contributed by atoms with Gasteiger partial charge in [0.15, 0.2) is 17.8 Å². The smallest absolute Gasteiger partial charge is 0.407 e. The first kappa shape index (κ1) is 38.8. The molecule has 0 radical (unpaired) electrons. The molecule has 2 fully saturated rings. The average Bonchev–Trinajstić information content (AvgIpc) is 3.81. The van der Waals surface area contributed by atoms with E-state index in [0.717, 1.165) is 5.56 Å². The summed E-state index contributed by atoms with van der Waals surface area (Å²) in [5.41, 5.74) is 0.160. The van der Waals surface area contributed by atoms with Gasteiger partial charge in [0, 0.05) is 32.1 Å². The summed E-state index contributed by atoms with van der Waals surface area (Å²) in [7, 11) is -4.18. The lowest BCUT2D eigenvalue weighted by Gasteiger charge is -2.35. The van der Waals surface area contributed by atoms with Crippen LogP contribution in [0.25, 0.3) is 0 Å². The Labute approximate surface area is 301 Å². The number of alkyl carbamates (subject to hydrolysis) is 1. The van der Waals surface area contributed by atoms with Gasteiger partial charge in [-0.1, -0.05) is 65.0 Å². The summed E-state index contributed by atoms with van der Waals surface area (Å²) in [6, 6.07) is 12.9. The molecule has 0 aromatic heterocycles. The van der Waals surface area contributed by atoms with E-state index in [1.807, 2.05) is 65.0 Å². The van der Waals surface area contributed by atoms with Crippen LogP contribution in [0.2, 0.25) is 0 Å². The zero-order chi connectivity index (χ0) is 36.8. The van der Waals surface area contributed by atoms with Gasteiger partial charge in [0.05, 0.1) is 36.2 Å². The van der Waals surface area contributed by atoms with Gasteiger partial charge in [0.2, 0.25) is 22.7 Å². The Bertz CT molecular complexity index is 1600. The summed E-state index contributed by atoms with van der Waals surface area (Å²) in [5.74, 6) is 0.676. The second-order valence-electron chi connectivity index (χ2n) is 15.6. The minimum Gasteiger partial charge on any atom is -0.454 e. The number of sulfonamides is 1. The molecule has 3 aliphatic rings. The Kier molecular flexibility index (Phi) is 12.5. The number of carbonyl (C=O) groups is 2. The molecule has 0 saturated carbocycles. The standard InChI is InChI=1S/C37H53N3O10S/c1-36(2,3)20-33(42)38-16-9-15-37(4,5)23-40(51(44,45)26-12-13-30-31(19-26)49-24-48-30)21-29(41)28(18-25-10-7-6-8-11-25)39-35(43)50-32-22-47-34-27(32)14-17-46-34/h6-8,10-13,19,27-29,32,34,41H,9,14-18,20-24H2,1-5H3,(H,38,42)(H,39,43)/t27-,28-,29+,32-,34+/m0/s1. The number of carbonyl (C=O) groups excluding carboxylic acids is 2. The van der Waals surface area contributed by atoms with Crippen molar-refractivity contribution in [3.8, 4) is 11.5 Å². The first-order chi connectivity index (χ1) is 24.1. The van der Waals surface area contributed by atoms with Crippen LogP contribution < -0.4 is 20.1 Å². The van der Waals surface area contributed by atoms with Crippen LogP contribution >= 0.6 is 0 Å². The number of benzene rings is 2. The van der Waals surface area contributed by atoms with Crippen molar-refractivity contribution in [2.24, 2.45) is 16.7 Å². The van der Waals surface area contributed by atoms with E-state index in [1.54, 1.807) is 6.07 Å². The summed E-state index contributed by atoms with van der Waals surface area (Å²) in [4.78, 5) is 25.6. The number of amides is 2. The van der Waals surface area contributed by atoms with Crippen LogP contribution in [0.5, 0.6) is 11.5 Å². The molecule has 51 heavy (non-hydrogen) atoms. The van der Waals surface area contributed by atoms with Crippen molar-refractivity contribution in [2.75, 3.05) is 39.6 Å². The number of rotatable bonds is 16. The molecular weight excluding hydrogens is 678 g/mol. The number of aliphatic hydroxyl groups is 1. The molecule has 3 heterocycles. The van der Waals surface area contributed by atoms with Crippen molar-refractivity contribution in [1.82, 2.24) is 14.9 Å². The number of nitrogens with one attached hydrogen (secondary N) is 2. The Balaban J connectivity index is 1.33. The van der Waals surface area contributed by atoms with E-state index in [0.29, 0.717) is 50.3 Å². The molecular formula is C37H53N3O10S. The Hall–Kier alpha value is -3.43. The normalized spacial score (nSPS) is 21.3. The highest BCUT2D eigenvalue weighted by atomic mass is 32.2. The summed E-state index contributed by atoms with van der Waals surface area (Å²) in [6.45, 7) is 10.9. The largest absolute Gasteiger partial charge is 0.454 e. The van der Waals surface area contributed by atoms with Gasteiger partial charge >= 0.3 is 6.09 Å². The van der Waals surface area contributed by atoms with Crippen LogP contribution in [-0.2, 0) is 35.4 Å². The predicted octanol–water partition coefficient (Wildman–Crippen LogP) is 4.22. The Morgan fingerprint density at radius 3 is 2.53 bits per heavy atom. The van der Waals surface area contributed by atoms with Gasteiger partial charge < -0.3 is 39.4 Å². The lowest BCUT2D eigenvalue weighted by Crippen LogP contribution is -2.52. The van der Waals surface area contributed by atoms with Gasteiger partial charge in [0.25, 0.3) is 0 Å². The maximum absolute atomic E-state index is 14.4. The van der Waals surface area contributed by atoms with E-state index in [1.165, 1.54) is 16.4 Å². The van der Waals surface area contributed by atoms with Crippen molar-refractivity contribution in [3.63, 3.8) is 0 Å². The maximum Gasteiger partial charge on any atom is 0.407 e. The fourth-order valence-corrected chi connectivity index (χ4v) is 8.35. The molecule has 2 aromatic carbocycles. The summed E-state index contributed by atoms with van der Waals surface area (Å²) in [6.07, 6.45) is -0.365. The Morgan fingerprint density at radius 1 is 1.04 bits per heavy atom. The van der Waals surface area contributed by atoms with Gasteiger partial charge in [-0.25, -0.2) is 13.2 Å². The Morgan fingerprint density at radius 2 is 1.78 bits per heavy atom. The van der Waals surface area contributed by atoms with E-state index < -0.39 is 46.1 Å². The third-order valence-electron chi connectivity index (χ3n) is 9.33. The zero-order valence-electron chi connectivity index (χ0n) is 30.3. The first-order valence-corrected chi connectivity index (χ1v) is 19.1. The van der Waals surface area contributed by atoms with E-state index in [2.05, 4.69) is 10.6 Å². The van der Waals surface area contributed by atoms with Crippen molar-refractivity contribution < 1.29 is 46.8 Å². The molecule has 14 heteroatoms. The molecule has 2 amide bonds. The number of fused-ring (bicyclic) bond motifs is 2. The third kappa shape index (κ3) is 10.8. The highest BCUT2D eigenvalue weighted by Crippen LogP contribution is 2.36. The van der Waals surface area contributed by atoms with Gasteiger partial charge in [-0.2, -0.15) is 4.31 Å². The van der Waals surface area contributed by atoms with E-state index in [9.17, 15) is 23.1 Å². The molecule has 0 unspecified atom stereocenters. The average molecular weight is 732 g/mol. The number of hydrogen-bond acceptors (Lipinski definition) is 10. The van der Waals surface area contributed by atoms with Crippen LogP contribution in [-0.4, -0.2) is 94.0 Å². The van der Waals surface area contributed by atoms with Crippen LogP contribution in [0.3, 0.4) is 0 Å². The second kappa shape index (κ2) is 16.5. The first-order valence-electron chi connectivity index (χ1n) is 17.7. The number of nitrogens with zero attached hydrogens (tertiary/aromatic N) is 1. The zero-order valence-corrected chi connectivity index (χ0v) is 31.1. The fraction of sp³-hybridized carbons (Fsp3) is 0.622. The van der Waals surface area contributed by atoms with E-state index >= 15 is 0 Å². The molecule has 2 aromatic rings. The number of aliphatic hydroxyl groups excluding tert-OH is 1. The van der Waals surface area contributed by atoms with Gasteiger partial charge in [-0.3, -0.25) is 4.79 Å². The fourth-order valence-electron chi connectivity index (χ4n) is 6.69. The lowest BCUT2D eigenvalue weighted by atomic mass is 9.87. The SMILES string of the molecule is CC(C)(C)CC(=O)NCCCC(C)(C)CN(C[C@@H](O)[C@H](Cc1ccccc1)NC(=O)O[C@H]1CO[C@H]2OCC[C@H]21)S(=O)(=O)c1ccc2c(c1)OCO2. The maximum atomic E-state index is 14.4.